The molecule has 1 unspecified atom stereocenters. The van der Waals surface area contributed by atoms with Gasteiger partial charge in [0.05, 0.1) is 11.6 Å². The van der Waals surface area contributed by atoms with Crippen molar-refractivity contribution in [1.82, 2.24) is 0 Å². The Hall–Kier alpha value is -1.64. The third-order valence-corrected chi connectivity index (χ3v) is 2.31. The largest absolute Gasteiger partial charge is 0.272 e. The van der Waals surface area contributed by atoms with Crippen LogP contribution in [0.15, 0.2) is 35.4 Å². The highest BCUT2D eigenvalue weighted by Gasteiger charge is 2.30. The Balaban J connectivity index is 2.40. The van der Waals surface area contributed by atoms with Crippen LogP contribution < -0.4 is 5.01 Å². The first-order chi connectivity index (χ1) is 7.03. The van der Waals surface area contributed by atoms with Crippen LogP contribution in [0.4, 0.5) is 5.69 Å². The van der Waals surface area contributed by atoms with Gasteiger partial charge in [-0.3, -0.25) is 4.79 Å². The van der Waals surface area contributed by atoms with E-state index in [1.807, 2.05) is 18.2 Å². The van der Waals surface area contributed by atoms with Gasteiger partial charge in [0.15, 0.2) is 0 Å². The zero-order valence-electron chi connectivity index (χ0n) is 9.19. The van der Waals surface area contributed by atoms with Crippen LogP contribution >= 0.6 is 0 Å². The van der Waals surface area contributed by atoms with Crippen molar-refractivity contribution in [1.29, 1.82) is 0 Å². The Morgan fingerprint density at radius 1 is 1.43 bits per heavy atom. The van der Waals surface area contributed by atoms with Gasteiger partial charge < -0.3 is 0 Å². The van der Waals surface area contributed by atoms with Crippen LogP contribution in [0.25, 0.3) is 0 Å². The second-order valence-corrected chi connectivity index (χ2v) is 3.26. The summed E-state index contributed by atoms with van der Waals surface area (Å²) < 4.78 is 7.86. The molecule has 0 N–H and O–H groups in total. The molecule has 0 saturated carbocycles. The first-order valence-corrected chi connectivity index (χ1v) is 4.49. The summed E-state index contributed by atoms with van der Waals surface area (Å²) in [6, 6.07) is 9.16. The van der Waals surface area contributed by atoms with E-state index in [0.29, 0.717) is 11.4 Å². The van der Waals surface area contributed by atoms with Crippen molar-refractivity contribution in [3.63, 3.8) is 0 Å². The average molecular weight is 189 g/mol. The molecule has 0 aliphatic carbocycles. The highest BCUT2D eigenvalue weighted by Crippen LogP contribution is 2.22. The molecule has 3 heteroatoms. The monoisotopic (exact) mass is 189 g/mol. The van der Waals surface area contributed by atoms with Gasteiger partial charge >= 0.3 is 0 Å². The van der Waals surface area contributed by atoms with Gasteiger partial charge in [-0.15, -0.1) is 0 Å². The van der Waals surface area contributed by atoms with Crippen molar-refractivity contribution in [2.24, 2.45) is 11.0 Å². The Morgan fingerprint density at radius 3 is 2.57 bits per heavy atom. The number of hydrogen-bond acceptors (Lipinski definition) is 2. The normalized spacial score (nSPS) is 27.6. The summed E-state index contributed by atoms with van der Waals surface area (Å²) in [4.78, 5) is 11.9. The van der Waals surface area contributed by atoms with Crippen molar-refractivity contribution in [2.45, 2.75) is 13.8 Å². The fourth-order valence-electron chi connectivity index (χ4n) is 1.33. The number of hydrazone groups is 1. The summed E-state index contributed by atoms with van der Waals surface area (Å²) in [5, 5.41) is 5.40. The minimum absolute atomic E-state index is 0.300. The molecule has 0 saturated heterocycles. The minimum Gasteiger partial charge on any atom is -0.272 e. The topological polar surface area (TPSA) is 32.7 Å². The molecule has 2 rings (SSSR count). The van der Waals surface area contributed by atoms with Gasteiger partial charge in [-0.05, 0) is 26.0 Å². The Bertz CT molecular complexity index is 425. The zero-order chi connectivity index (χ0) is 11.1. The van der Waals surface area contributed by atoms with E-state index in [1.54, 1.807) is 26.0 Å². The van der Waals surface area contributed by atoms with Crippen LogP contribution in [0.1, 0.15) is 15.2 Å². The van der Waals surface area contributed by atoms with E-state index in [2.05, 4.69) is 5.10 Å². The van der Waals surface area contributed by atoms with E-state index in [4.69, 9.17) is 1.37 Å². The van der Waals surface area contributed by atoms with Crippen molar-refractivity contribution >= 4 is 17.3 Å². The molecule has 0 aromatic heterocycles. The summed E-state index contributed by atoms with van der Waals surface area (Å²) in [7, 11) is 0. The van der Waals surface area contributed by atoms with Crippen molar-refractivity contribution in [2.75, 3.05) is 5.01 Å². The molecule has 1 amide bonds. The molecule has 1 heterocycles. The summed E-state index contributed by atoms with van der Waals surface area (Å²) in [6.45, 7) is 3.27. The van der Waals surface area contributed by atoms with Crippen molar-refractivity contribution in [3.05, 3.63) is 30.3 Å². The molecule has 1 aliphatic rings. The summed E-state index contributed by atoms with van der Waals surface area (Å²) in [5.74, 6) is -1.53. The Morgan fingerprint density at radius 2 is 2.07 bits per heavy atom. The van der Waals surface area contributed by atoms with E-state index in [0.717, 1.165) is 0 Å². The van der Waals surface area contributed by atoms with E-state index in [1.165, 1.54) is 5.01 Å². The number of carbonyl (C=O) groups is 1. The molecule has 0 spiro atoms. The molecule has 0 fully saturated rings. The smallest absolute Gasteiger partial charge is 0.255 e. The van der Waals surface area contributed by atoms with E-state index in [9.17, 15) is 4.79 Å². The zero-order valence-corrected chi connectivity index (χ0v) is 8.19. The maximum atomic E-state index is 11.9. The van der Waals surface area contributed by atoms with Gasteiger partial charge in [-0.1, -0.05) is 18.2 Å². The maximum Gasteiger partial charge on any atom is 0.255 e. The predicted octanol–water partition coefficient (Wildman–Crippen LogP) is 2.05. The first-order valence-electron chi connectivity index (χ1n) is 4.99. The lowest BCUT2D eigenvalue weighted by Crippen LogP contribution is -2.24. The molecule has 72 valence electrons. The first kappa shape index (κ1) is 7.74. The molecule has 1 atom stereocenters. The highest BCUT2D eigenvalue weighted by atomic mass is 16.2. The Kier molecular flexibility index (Phi) is 1.80. The number of rotatable bonds is 1. The van der Waals surface area contributed by atoms with Gasteiger partial charge in [-0.25, -0.2) is 5.01 Å². The van der Waals surface area contributed by atoms with Gasteiger partial charge in [0.1, 0.15) is 0 Å². The summed E-state index contributed by atoms with van der Waals surface area (Å²) in [5.41, 5.74) is 1.23. The van der Waals surface area contributed by atoms with E-state index < -0.39 is 5.89 Å². The lowest BCUT2D eigenvalue weighted by molar-refractivity contribution is -0.119. The molecule has 3 nitrogen and oxygen atoms in total. The number of amides is 1. The van der Waals surface area contributed by atoms with E-state index >= 15 is 0 Å². The maximum absolute atomic E-state index is 11.9. The number of carbonyl (C=O) groups excluding carboxylic acids is 1. The van der Waals surface area contributed by atoms with Crippen LogP contribution in [0.5, 0.6) is 0 Å². The number of para-hydroxylation sites is 1. The standard InChI is InChI=1S/C11H12N2O/c1-8-9(2)12-13(11(8)14)10-6-4-3-5-7-10/h3-8H,1-2H3/i8D. The molecule has 1 aliphatic heterocycles. The third kappa shape index (κ3) is 1.31. The van der Waals surface area contributed by atoms with Crippen LogP contribution in [0, 0.1) is 5.89 Å². The number of benzene rings is 1. The average Bonchev–Trinajstić information content (AvgIpc) is 2.44. The highest BCUT2D eigenvalue weighted by molar-refractivity contribution is 6.14. The molecule has 1 aromatic carbocycles. The second kappa shape index (κ2) is 3.25. The number of hydrogen-bond donors (Lipinski definition) is 0. The van der Waals surface area contributed by atoms with E-state index in [-0.39, 0.29) is 5.91 Å². The number of nitrogens with zero attached hydrogens (tertiary/aromatic N) is 2. The Labute approximate surface area is 84.4 Å². The quantitative estimate of drug-likeness (QED) is 0.665. The molecule has 1 aromatic rings. The molecular formula is C11H12N2O. The molecule has 0 bridgehead atoms. The van der Waals surface area contributed by atoms with Crippen LogP contribution in [-0.4, -0.2) is 11.6 Å². The van der Waals surface area contributed by atoms with Crippen LogP contribution in [-0.2, 0) is 4.79 Å². The predicted molar refractivity (Wildman–Crippen MR) is 56.2 cm³/mol. The lowest BCUT2D eigenvalue weighted by atomic mass is 10.1. The molecular weight excluding hydrogens is 176 g/mol. The minimum atomic E-state index is -1.23. The second-order valence-electron chi connectivity index (χ2n) is 3.26. The van der Waals surface area contributed by atoms with Gasteiger partial charge in [-0.2, -0.15) is 5.10 Å². The lowest BCUT2D eigenvalue weighted by Gasteiger charge is -2.11. The van der Waals surface area contributed by atoms with Gasteiger partial charge in [0.25, 0.3) is 5.91 Å². The van der Waals surface area contributed by atoms with Crippen molar-refractivity contribution in [3.8, 4) is 0 Å². The van der Waals surface area contributed by atoms with Crippen LogP contribution in [0.2, 0.25) is 0 Å². The van der Waals surface area contributed by atoms with Gasteiger partial charge in [0.2, 0.25) is 0 Å². The fraction of sp³-hybridized carbons (Fsp3) is 0.273. The number of anilines is 1. The summed E-state index contributed by atoms with van der Waals surface area (Å²) >= 11 is 0. The van der Waals surface area contributed by atoms with Gasteiger partial charge in [0, 0.05) is 7.08 Å². The molecule has 14 heavy (non-hydrogen) atoms. The SMILES string of the molecule is [2H]C1(C)C(=O)N(c2ccccc2)N=C1C. The molecule has 0 radical (unpaired) electrons. The third-order valence-electron chi connectivity index (χ3n) is 2.31. The van der Waals surface area contributed by atoms with Crippen LogP contribution in [0.3, 0.4) is 0 Å². The fourth-order valence-corrected chi connectivity index (χ4v) is 1.33. The van der Waals surface area contributed by atoms with Crippen molar-refractivity contribution < 1.29 is 6.17 Å². The summed E-state index contributed by atoms with van der Waals surface area (Å²) in [6.07, 6.45) is 0.